The van der Waals surface area contributed by atoms with E-state index >= 15 is 0 Å². The first-order valence-electron chi connectivity index (χ1n) is 11.0. The average molecular weight is 484 g/mol. The van der Waals surface area contributed by atoms with Crippen molar-refractivity contribution < 1.29 is 26.4 Å². The van der Waals surface area contributed by atoms with Crippen molar-refractivity contribution in [1.29, 1.82) is 5.26 Å². The number of carbonyl (C=O) groups excluding carboxylic acids is 1. The molecule has 2 N–H and O–H groups in total. The van der Waals surface area contributed by atoms with E-state index in [4.69, 9.17) is 0 Å². The molecule has 4 saturated carbocycles. The van der Waals surface area contributed by atoms with Gasteiger partial charge in [-0.15, -0.1) is 0 Å². The van der Waals surface area contributed by atoms with Gasteiger partial charge in [0.2, 0.25) is 10.0 Å². The Morgan fingerprint density at radius 1 is 1.12 bits per heavy atom. The van der Waals surface area contributed by atoms with Crippen molar-refractivity contribution in [2.24, 2.45) is 17.3 Å². The number of benzene rings is 1. The molecule has 4 atom stereocenters. The van der Waals surface area contributed by atoms with Gasteiger partial charge < -0.3 is 5.32 Å². The number of nitriles is 1. The molecule has 0 spiro atoms. The van der Waals surface area contributed by atoms with Crippen molar-refractivity contribution in [1.82, 2.24) is 5.32 Å². The Morgan fingerprint density at radius 2 is 1.73 bits per heavy atom. The molecule has 1 aromatic rings. The van der Waals surface area contributed by atoms with Gasteiger partial charge in [0.1, 0.15) is 0 Å². The largest absolute Gasteiger partial charge is 0.416 e. The second-order valence-electron chi connectivity index (χ2n) is 11.1. The summed E-state index contributed by atoms with van der Waals surface area (Å²) in [4.78, 5) is 13.4. The highest BCUT2D eigenvalue weighted by Crippen LogP contribution is 2.61. The smallest absolute Gasteiger partial charge is 0.346 e. The maximum Gasteiger partial charge on any atom is 0.416 e. The summed E-state index contributed by atoms with van der Waals surface area (Å²) < 4.78 is 66.6. The Morgan fingerprint density at radius 3 is 2.24 bits per heavy atom. The second kappa shape index (κ2) is 7.36. The number of nitrogens with one attached hydrogen (secondary N) is 2. The molecule has 0 heterocycles. The van der Waals surface area contributed by atoms with Crippen molar-refractivity contribution in [2.45, 2.75) is 75.8 Å². The highest BCUT2D eigenvalue weighted by Gasteiger charge is 2.58. The van der Waals surface area contributed by atoms with Crippen LogP contribution in [-0.2, 0) is 16.2 Å². The molecule has 0 radical (unpaired) electrons. The van der Waals surface area contributed by atoms with Gasteiger partial charge in [-0.3, -0.25) is 9.52 Å². The Balaban J connectivity index is 1.70. The SMILES string of the molecule is CC(C)(C)S(=O)(=O)Nc1ccc(C(F)(F)F)cc1C(=O)NC12CC3C[C@H](CC(C#N)(C3)C1)C2. The van der Waals surface area contributed by atoms with E-state index in [1.165, 1.54) is 20.8 Å². The topological polar surface area (TPSA) is 99.1 Å². The Hall–Kier alpha value is -2.28. The fourth-order valence-electron chi connectivity index (χ4n) is 6.14. The van der Waals surface area contributed by atoms with E-state index in [-0.39, 0.29) is 11.3 Å². The lowest BCUT2D eigenvalue weighted by atomic mass is 9.47. The van der Waals surface area contributed by atoms with E-state index < -0.39 is 43.4 Å². The standard InChI is InChI=1S/C23H28F3N3O3S/c1-20(2,3)33(31,32)29-18-5-4-16(23(24,25)26)7-17(18)19(30)28-22-10-14-6-15(11-22)9-21(8-14,12-22)13-27/h4-5,7,14-15,29H,6,8-12H2,1-3H3,(H,28,30)/t14-,15?,21?,22?/m1/s1. The third-order valence-corrected chi connectivity index (χ3v) is 9.42. The lowest BCUT2D eigenvalue weighted by Crippen LogP contribution is -2.62. The molecule has 3 unspecified atom stereocenters. The Kier molecular flexibility index (Phi) is 5.32. The minimum atomic E-state index is -4.69. The number of anilines is 1. The number of hydrogen-bond acceptors (Lipinski definition) is 4. The predicted molar refractivity (Wildman–Crippen MR) is 117 cm³/mol. The molecule has 4 fully saturated rings. The zero-order chi connectivity index (χ0) is 24.4. The van der Waals surface area contributed by atoms with Crippen LogP contribution in [0.4, 0.5) is 18.9 Å². The molecule has 4 aliphatic carbocycles. The lowest BCUT2D eigenvalue weighted by Gasteiger charge is -2.59. The Bertz CT molecular complexity index is 1120. The van der Waals surface area contributed by atoms with Crippen LogP contribution in [0.25, 0.3) is 0 Å². The summed E-state index contributed by atoms with van der Waals surface area (Å²) in [5, 5.41) is 12.8. The zero-order valence-corrected chi connectivity index (χ0v) is 19.7. The molecular weight excluding hydrogens is 455 g/mol. The van der Waals surface area contributed by atoms with Crippen LogP contribution >= 0.6 is 0 Å². The molecule has 0 aliphatic heterocycles. The van der Waals surface area contributed by atoms with Gasteiger partial charge in [0.25, 0.3) is 5.91 Å². The first kappa shape index (κ1) is 23.9. The molecule has 6 nitrogen and oxygen atoms in total. The van der Waals surface area contributed by atoms with Gasteiger partial charge in [-0.05, 0) is 89.3 Å². The maximum absolute atomic E-state index is 13.4. The minimum Gasteiger partial charge on any atom is -0.346 e. The molecule has 10 heteroatoms. The second-order valence-corrected chi connectivity index (χ2v) is 13.5. The van der Waals surface area contributed by atoms with Crippen molar-refractivity contribution >= 4 is 21.6 Å². The molecule has 33 heavy (non-hydrogen) atoms. The number of nitrogens with zero attached hydrogens (tertiary/aromatic N) is 1. The van der Waals surface area contributed by atoms with E-state index in [0.717, 1.165) is 31.4 Å². The quantitative estimate of drug-likeness (QED) is 0.640. The first-order chi connectivity index (χ1) is 15.1. The van der Waals surface area contributed by atoms with Gasteiger partial charge in [0.05, 0.1) is 33.0 Å². The van der Waals surface area contributed by atoms with Gasteiger partial charge >= 0.3 is 6.18 Å². The van der Waals surface area contributed by atoms with Crippen molar-refractivity contribution in [3.05, 3.63) is 29.3 Å². The van der Waals surface area contributed by atoms with Gasteiger partial charge in [0.15, 0.2) is 0 Å². The third-order valence-electron chi connectivity index (χ3n) is 7.32. The van der Waals surface area contributed by atoms with E-state index in [0.29, 0.717) is 37.2 Å². The van der Waals surface area contributed by atoms with Crippen LogP contribution in [-0.4, -0.2) is 24.6 Å². The minimum absolute atomic E-state index is 0.199. The number of alkyl halides is 3. The zero-order valence-electron chi connectivity index (χ0n) is 18.8. The molecule has 5 rings (SSSR count). The summed E-state index contributed by atoms with van der Waals surface area (Å²) in [7, 11) is -3.98. The first-order valence-corrected chi connectivity index (χ1v) is 12.5. The van der Waals surface area contributed by atoms with E-state index in [9.17, 15) is 31.6 Å². The summed E-state index contributed by atoms with van der Waals surface area (Å²) in [6.45, 7) is 4.36. The summed E-state index contributed by atoms with van der Waals surface area (Å²) >= 11 is 0. The van der Waals surface area contributed by atoms with E-state index in [1.54, 1.807) is 0 Å². The van der Waals surface area contributed by atoms with Gasteiger partial charge in [0, 0.05) is 5.54 Å². The summed E-state index contributed by atoms with van der Waals surface area (Å²) in [6, 6.07) is 4.87. The van der Waals surface area contributed by atoms with Crippen molar-refractivity contribution in [3.8, 4) is 6.07 Å². The van der Waals surface area contributed by atoms with Gasteiger partial charge in [-0.1, -0.05) is 0 Å². The Labute approximate surface area is 192 Å². The fourth-order valence-corrected chi connectivity index (χ4v) is 6.92. The van der Waals surface area contributed by atoms with Crippen molar-refractivity contribution in [3.63, 3.8) is 0 Å². The molecule has 1 aromatic carbocycles. The fraction of sp³-hybridized carbons (Fsp3) is 0.652. The summed E-state index contributed by atoms with van der Waals surface area (Å²) in [5.41, 5.74) is -2.78. The van der Waals surface area contributed by atoms with Crippen LogP contribution in [0, 0.1) is 28.6 Å². The van der Waals surface area contributed by atoms with Crippen LogP contribution in [0.1, 0.15) is 75.2 Å². The lowest BCUT2D eigenvalue weighted by molar-refractivity contribution is -0.137. The number of carbonyl (C=O) groups is 1. The molecule has 180 valence electrons. The van der Waals surface area contributed by atoms with Crippen LogP contribution < -0.4 is 10.0 Å². The molecule has 4 bridgehead atoms. The van der Waals surface area contributed by atoms with Gasteiger partial charge in [-0.2, -0.15) is 18.4 Å². The predicted octanol–water partition coefficient (Wildman–Crippen LogP) is 4.84. The van der Waals surface area contributed by atoms with Gasteiger partial charge in [-0.25, -0.2) is 8.42 Å². The van der Waals surface area contributed by atoms with Crippen molar-refractivity contribution in [2.75, 3.05) is 4.72 Å². The molecule has 0 aromatic heterocycles. The van der Waals surface area contributed by atoms with E-state index in [1.807, 2.05) is 0 Å². The molecular formula is C23H28F3N3O3S. The number of halogens is 3. The highest BCUT2D eigenvalue weighted by molar-refractivity contribution is 7.94. The number of sulfonamides is 1. The molecule has 4 aliphatic rings. The molecule has 0 saturated heterocycles. The van der Waals surface area contributed by atoms with Crippen LogP contribution in [0.3, 0.4) is 0 Å². The van der Waals surface area contributed by atoms with Crippen LogP contribution in [0.5, 0.6) is 0 Å². The number of hydrogen-bond donors (Lipinski definition) is 2. The average Bonchev–Trinajstić information content (AvgIpc) is 2.64. The third kappa shape index (κ3) is 4.32. The van der Waals surface area contributed by atoms with Crippen LogP contribution in [0.15, 0.2) is 18.2 Å². The van der Waals surface area contributed by atoms with E-state index in [2.05, 4.69) is 16.1 Å². The molecule has 1 amide bonds. The summed E-state index contributed by atoms with van der Waals surface area (Å²) in [5.74, 6) is -0.166. The normalized spacial score (nSPS) is 31.2. The highest BCUT2D eigenvalue weighted by atomic mass is 32.2. The number of amides is 1. The van der Waals surface area contributed by atoms with Crippen LogP contribution in [0.2, 0.25) is 0 Å². The monoisotopic (exact) mass is 483 g/mol. The maximum atomic E-state index is 13.4. The number of rotatable bonds is 4. The summed E-state index contributed by atoms with van der Waals surface area (Å²) in [6.07, 6.45) is -0.280.